The normalized spacial score (nSPS) is 35.6. The highest BCUT2D eigenvalue weighted by Crippen LogP contribution is 2.65. The maximum absolute atomic E-state index is 13.5. The van der Waals surface area contributed by atoms with Crippen LogP contribution in [0.5, 0.6) is 0 Å². The van der Waals surface area contributed by atoms with Gasteiger partial charge in [-0.25, -0.2) is 4.39 Å². The van der Waals surface area contributed by atoms with Crippen molar-refractivity contribution in [1.82, 2.24) is 0 Å². The second-order valence-electron chi connectivity index (χ2n) is 6.94. The fraction of sp³-hybridized carbons (Fsp3) is 0.625. The lowest BCUT2D eigenvalue weighted by molar-refractivity contribution is 0.142. The standard InChI is InChI=1S/C16H21ClFN/c1-15(2)10-6-7-16(15,3)14(8-10)19-11-4-5-12(17)13(18)9-11/h4-5,9-10,14,19H,6-8H2,1-3H3. The quantitative estimate of drug-likeness (QED) is 0.795. The van der Waals surface area contributed by atoms with E-state index in [9.17, 15) is 4.39 Å². The van der Waals surface area contributed by atoms with Crippen molar-refractivity contribution in [3.8, 4) is 0 Å². The Morgan fingerprint density at radius 1 is 1.32 bits per heavy atom. The molecule has 104 valence electrons. The number of rotatable bonds is 2. The van der Waals surface area contributed by atoms with Crippen LogP contribution in [0.25, 0.3) is 0 Å². The third-order valence-corrected chi connectivity index (χ3v) is 6.36. The molecule has 1 aromatic carbocycles. The smallest absolute Gasteiger partial charge is 0.143 e. The summed E-state index contributed by atoms with van der Waals surface area (Å²) in [5.41, 5.74) is 1.51. The Morgan fingerprint density at radius 3 is 2.58 bits per heavy atom. The van der Waals surface area contributed by atoms with E-state index in [1.807, 2.05) is 6.07 Å². The van der Waals surface area contributed by atoms with Gasteiger partial charge in [0.05, 0.1) is 5.02 Å². The molecule has 2 fully saturated rings. The molecule has 0 amide bonds. The number of halogens is 2. The highest BCUT2D eigenvalue weighted by atomic mass is 35.5. The summed E-state index contributed by atoms with van der Waals surface area (Å²) in [5, 5.41) is 3.72. The molecule has 2 aliphatic carbocycles. The number of hydrogen-bond donors (Lipinski definition) is 1. The van der Waals surface area contributed by atoms with E-state index < -0.39 is 0 Å². The number of fused-ring (bicyclic) bond motifs is 2. The van der Waals surface area contributed by atoms with Crippen LogP contribution >= 0.6 is 11.6 Å². The van der Waals surface area contributed by atoms with Crippen LogP contribution in [-0.4, -0.2) is 6.04 Å². The first-order valence-corrected chi connectivity index (χ1v) is 7.44. The average molecular weight is 282 g/mol. The molecule has 1 N–H and O–H groups in total. The molecule has 0 radical (unpaired) electrons. The maximum atomic E-state index is 13.5. The van der Waals surface area contributed by atoms with Gasteiger partial charge in [-0.05, 0) is 54.2 Å². The Morgan fingerprint density at radius 2 is 2.05 bits per heavy atom. The zero-order chi connectivity index (χ0) is 13.8. The van der Waals surface area contributed by atoms with Crippen molar-refractivity contribution in [3.05, 3.63) is 29.0 Å². The lowest BCUT2D eigenvalue weighted by Gasteiger charge is -2.40. The van der Waals surface area contributed by atoms with Crippen molar-refractivity contribution in [2.75, 3.05) is 5.32 Å². The van der Waals surface area contributed by atoms with Crippen LogP contribution in [-0.2, 0) is 0 Å². The Balaban J connectivity index is 1.84. The summed E-state index contributed by atoms with van der Waals surface area (Å²) in [5.74, 6) is 0.436. The lowest BCUT2D eigenvalue weighted by atomic mass is 9.69. The SMILES string of the molecule is CC1(C)C2CCC1(C)C(Nc1ccc(Cl)c(F)c1)C2. The summed E-state index contributed by atoms with van der Waals surface area (Å²) in [6.45, 7) is 7.15. The van der Waals surface area contributed by atoms with Gasteiger partial charge in [-0.1, -0.05) is 32.4 Å². The molecule has 19 heavy (non-hydrogen) atoms. The van der Waals surface area contributed by atoms with Crippen molar-refractivity contribution < 1.29 is 4.39 Å². The van der Waals surface area contributed by atoms with E-state index in [1.165, 1.54) is 25.3 Å². The molecule has 1 nitrogen and oxygen atoms in total. The van der Waals surface area contributed by atoms with Gasteiger partial charge in [-0.3, -0.25) is 0 Å². The van der Waals surface area contributed by atoms with E-state index in [-0.39, 0.29) is 10.8 Å². The van der Waals surface area contributed by atoms with Gasteiger partial charge in [0.1, 0.15) is 5.82 Å². The van der Waals surface area contributed by atoms with Crippen LogP contribution in [0, 0.1) is 22.6 Å². The molecule has 0 aliphatic heterocycles. The number of anilines is 1. The maximum Gasteiger partial charge on any atom is 0.143 e. The largest absolute Gasteiger partial charge is 0.382 e. The predicted octanol–water partition coefficient (Wildman–Crippen LogP) is 5.11. The zero-order valence-corrected chi connectivity index (χ0v) is 12.5. The highest BCUT2D eigenvalue weighted by Gasteiger charge is 2.61. The first-order chi connectivity index (χ1) is 8.84. The number of hydrogen-bond acceptors (Lipinski definition) is 1. The summed E-state index contributed by atoms with van der Waals surface area (Å²) in [6, 6.07) is 5.43. The second kappa shape index (κ2) is 4.12. The molecule has 3 atom stereocenters. The molecule has 0 aromatic heterocycles. The lowest BCUT2D eigenvalue weighted by Crippen LogP contribution is -2.40. The van der Waals surface area contributed by atoms with E-state index in [4.69, 9.17) is 11.6 Å². The molecule has 0 saturated heterocycles. The van der Waals surface area contributed by atoms with Crippen molar-refractivity contribution >= 4 is 17.3 Å². The molecule has 0 spiro atoms. The van der Waals surface area contributed by atoms with Crippen molar-refractivity contribution in [1.29, 1.82) is 0 Å². The van der Waals surface area contributed by atoms with Gasteiger partial charge in [0.25, 0.3) is 0 Å². The number of benzene rings is 1. The van der Waals surface area contributed by atoms with Crippen molar-refractivity contribution in [3.63, 3.8) is 0 Å². The van der Waals surface area contributed by atoms with Crippen LogP contribution in [0.15, 0.2) is 18.2 Å². The molecule has 2 saturated carbocycles. The molecule has 0 heterocycles. The van der Waals surface area contributed by atoms with Gasteiger partial charge in [0.2, 0.25) is 0 Å². The molecule has 3 heteroatoms. The molecule has 3 rings (SSSR count). The van der Waals surface area contributed by atoms with Crippen molar-refractivity contribution in [2.45, 2.75) is 46.1 Å². The van der Waals surface area contributed by atoms with Crippen LogP contribution in [0.1, 0.15) is 40.0 Å². The average Bonchev–Trinajstić information content (AvgIpc) is 2.67. The van der Waals surface area contributed by atoms with E-state index in [0.29, 0.717) is 16.9 Å². The fourth-order valence-corrected chi connectivity index (χ4v) is 4.33. The van der Waals surface area contributed by atoms with Crippen LogP contribution in [0.2, 0.25) is 5.02 Å². The van der Waals surface area contributed by atoms with Crippen LogP contribution < -0.4 is 5.32 Å². The summed E-state index contributed by atoms with van der Waals surface area (Å²) in [6.07, 6.45) is 3.78. The van der Waals surface area contributed by atoms with Crippen LogP contribution in [0.4, 0.5) is 10.1 Å². The Labute approximate surface area is 119 Å². The van der Waals surface area contributed by atoms with E-state index >= 15 is 0 Å². The van der Waals surface area contributed by atoms with Gasteiger partial charge >= 0.3 is 0 Å². The Hall–Kier alpha value is -0.760. The van der Waals surface area contributed by atoms with E-state index in [2.05, 4.69) is 26.1 Å². The van der Waals surface area contributed by atoms with E-state index in [1.54, 1.807) is 6.07 Å². The van der Waals surface area contributed by atoms with Crippen LogP contribution in [0.3, 0.4) is 0 Å². The van der Waals surface area contributed by atoms with Gasteiger partial charge in [0.15, 0.2) is 0 Å². The topological polar surface area (TPSA) is 12.0 Å². The molecule has 3 unspecified atom stereocenters. The summed E-state index contributed by atoms with van der Waals surface area (Å²) < 4.78 is 13.5. The van der Waals surface area contributed by atoms with Gasteiger partial charge < -0.3 is 5.32 Å². The van der Waals surface area contributed by atoms with Gasteiger partial charge in [0, 0.05) is 11.7 Å². The first-order valence-electron chi connectivity index (χ1n) is 7.06. The molecular formula is C16H21ClFN. The fourth-order valence-electron chi connectivity index (χ4n) is 4.21. The first kappa shape index (κ1) is 13.2. The van der Waals surface area contributed by atoms with Gasteiger partial charge in [-0.15, -0.1) is 0 Å². The minimum atomic E-state index is -0.348. The third kappa shape index (κ3) is 1.79. The molecular weight excluding hydrogens is 261 g/mol. The predicted molar refractivity (Wildman–Crippen MR) is 78.0 cm³/mol. The Bertz CT molecular complexity index is 513. The van der Waals surface area contributed by atoms with E-state index in [0.717, 1.165) is 11.6 Å². The number of nitrogens with one attached hydrogen (secondary N) is 1. The Kier molecular flexibility index (Phi) is 2.87. The monoisotopic (exact) mass is 281 g/mol. The summed E-state index contributed by atoms with van der Waals surface area (Å²) in [4.78, 5) is 0. The molecule has 2 bridgehead atoms. The summed E-state index contributed by atoms with van der Waals surface area (Å²) >= 11 is 5.73. The molecule has 1 aromatic rings. The zero-order valence-electron chi connectivity index (χ0n) is 11.8. The third-order valence-electron chi connectivity index (χ3n) is 6.05. The van der Waals surface area contributed by atoms with Gasteiger partial charge in [-0.2, -0.15) is 0 Å². The highest BCUT2D eigenvalue weighted by molar-refractivity contribution is 6.30. The van der Waals surface area contributed by atoms with Crippen molar-refractivity contribution in [2.24, 2.45) is 16.7 Å². The summed E-state index contributed by atoms with van der Waals surface area (Å²) in [7, 11) is 0. The second-order valence-corrected chi connectivity index (χ2v) is 7.34. The molecule has 2 aliphatic rings. The minimum absolute atomic E-state index is 0.185. The minimum Gasteiger partial charge on any atom is -0.382 e.